The van der Waals surface area contributed by atoms with Gasteiger partial charge in [-0.25, -0.2) is 0 Å². The van der Waals surface area contributed by atoms with Crippen molar-refractivity contribution < 1.29 is 137 Å². The van der Waals surface area contributed by atoms with Crippen molar-refractivity contribution >= 4 is 20.8 Å². The Bertz CT molecular complexity index is 218. The van der Waals surface area contributed by atoms with Gasteiger partial charge in [-0.15, -0.1) is 0 Å². The molecule has 0 unspecified atom stereocenters. The quantitative estimate of drug-likeness (QED) is 0.168. The van der Waals surface area contributed by atoms with Crippen molar-refractivity contribution in [3.8, 4) is 0 Å². The molecule has 0 saturated carbocycles. The molecule has 0 saturated heterocycles. The van der Waals surface area contributed by atoms with Crippen molar-refractivity contribution in [2.45, 2.75) is 0 Å². The molecule has 1 radical (unpaired) electrons. The van der Waals surface area contributed by atoms with Gasteiger partial charge in [0, 0.05) is 36.5 Å². The summed E-state index contributed by atoms with van der Waals surface area (Å²) in [4.78, 5) is 0. The van der Waals surface area contributed by atoms with E-state index in [0.29, 0.717) is 0 Å². The van der Waals surface area contributed by atoms with E-state index >= 15 is 0 Å². The van der Waals surface area contributed by atoms with Crippen LogP contribution in [0.4, 0.5) is 0 Å². The minimum atomic E-state index is -4.67. The van der Waals surface area contributed by atoms with Crippen molar-refractivity contribution in [2.75, 3.05) is 0 Å². The molecule has 0 aromatic heterocycles. The van der Waals surface area contributed by atoms with Gasteiger partial charge in [0.1, 0.15) is 0 Å². The Labute approximate surface area is 158 Å². The molecule has 0 heterocycles. The maximum absolute atomic E-state index is 8.74. The summed E-state index contributed by atoms with van der Waals surface area (Å²) in [7, 11) is -9.33. The zero-order valence-electron chi connectivity index (χ0n) is 11.2. The van der Waals surface area contributed by atoms with Crippen LogP contribution in [-0.4, -0.2) is 101 Å². The van der Waals surface area contributed by atoms with Crippen molar-refractivity contribution in [1.29, 1.82) is 0 Å². The monoisotopic (exact) mass is 539 g/mol. The molecule has 0 spiro atoms. The summed E-state index contributed by atoms with van der Waals surface area (Å²) in [6.07, 6.45) is 0. The van der Waals surface area contributed by atoms with Gasteiger partial charge in [-0.1, -0.05) is 0 Å². The number of rotatable bonds is 0. The van der Waals surface area contributed by atoms with E-state index in [9.17, 15) is 0 Å². The fourth-order valence-electron chi connectivity index (χ4n) is 0. The van der Waals surface area contributed by atoms with E-state index < -0.39 is 20.8 Å². The summed E-state index contributed by atoms with van der Waals surface area (Å²) in [6.45, 7) is 0. The molecule has 0 amide bonds. The van der Waals surface area contributed by atoms with Gasteiger partial charge in [-0.3, -0.25) is 18.2 Å². The van der Waals surface area contributed by atoms with E-state index in [0.717, 1.165) is 0 Å². The van der Waals surface area contributed by atoms with Crippen molar-refractivity contribution in [3.63, 3.8) is 0 Å². The molecule has 0 fully saturated rings. The van der Waals surface area contributed by atoms with Crippen LogP contribution in [0.3, 0.4) is 0 Å². The summed E-state index contributed by atoms with van der Waals surface area (Å²) in [5.41, 5.74) is 0. The van der Waals surface area contributed by atoms with Gasteiger partial charge in [0.25, 0.3) is 0 Å². The standard InChI is InChI=1S/Cu.2H2O4S.12H2O.Zn/c;2*1-5(2,3)4;;;;;;;;;;;;;/h;2*(H2,1,2,3,4);12*1H2;. The normalized spacial score (nSPS) is 4.83. The van der Waals surface area contributed by atoms with Gasteiger partial charge in [-0.2, -0.15) is 16.8 Å². The molecule has 0 rings (SSSR count). The van der Waals surface area contributed by atoms with Gasteiger partial charge in [0.05, 0.1) is 0 Å². The third kappa shape index (κ3) is 63200. The van der Waals surface area contributed by atoms with Crippen LogP contribution in [0.2, 0.25) is 0 Å². The fourth-order valence-corrected chi connectivity index (χ4v) is 0. The predicted molar refractivity (Wildman–Crippen MR) is 71.7 cm³/mol. The summed E-state index contributed by atoms with van der Waals surface area (Å²) in [6, 6.07) is 0. The molecule has 0 aromatic carbocycles. The summed E-state index contributed by atoms with van der Waals surface area (Å²) < 4.78 is 63.2. The molecule has 0 aromatic rings. The minimum Gasteiger partial charge on any atom is -0.412 e. The Kier molecular flexibility index (Phi) is 602. The molecule has 20 nitrogen and oxygen atoms in total. The average Bonchev–Trinajstić information content (AvgIpc) is 1.12. The average molecular weight is 541 g/mol. The first kappa shape index (κ1) is 189. The Morgan fingerprint density at radius 3 is 0.375 bits per heavy atom. The molecule has 0 aliphatic heterocycles. The first-order valence-electron chi connectivity index (χ1n) is 1.40. The number of hydrogen-bond acceptors (Lipinski definition) is 4. The zero-order chi connectivity index (χ0) is 9.00. The molecule has 0 bridgehead atoms. The van der Waals surface area contributed by atoms with Crippen LogP contribution in [0.15, 0.2) is 0 Å². The minimum absolute atomic E-state index is 0. The van der Waals surface area contributed by atoms with Crippen molar-refractivity contribution in [1.82, 2.24) is 0 Å². The first-order chi connectivity index (χ1) is 4.00. The van der Waals surface area contributed by atoms with Crippen LogP contribution in [-0.2, 0) is 57.3 Å². The second-order valence-electron chi connectivity index (χ2n) is 0.896. The SMILES string of the molecule is O.O.O.O.O.O.O.O.O.O.O.O.O=S(=O)(O)O.O=S(=O)(O)O.[Cu].[Zn]. The first-order valence-corrected chi connectivity index (χ1v) is 4.19. The topological polar surface area (TPSA) is 527 Å². The van der Waals surface area contributed by atoms with Crippen LogP contribution in [0, 0.1) is 0 Å². The Hall–Kier alpha value is 0.403. The molecular weight excluding hydrogens is 513 g/mol. The number of hydrogen-bond donors (Lipinski definition) is 4. The summed E-state index contributed by atoms with van der Waals surface area (Å²) in [5.74, 6) is 0. The second-order valence-corrected chi connectivity index (χ2v) is 2.69. The van der Waals surface area contributed by atoms with E-state index in [-0.39, 0.29) is 102 Å². The summed E-state index contributed by atoms with van der Waals surface area (Å²) in [5, 5.41) is 0. The fraction of sp³-hybridized carbons (Fsp3) is 0. The van der Waals surface area contributed by atoms with Crippen molar-refractivity contribution in [2.24, 2.45) is 0 Å². The Morgan fingerprint density at radius 2 is 0.375 bits per heavy atom. The van der Waals surface area contributed by atoms with E-state index in [1.807, 2.05) is 0 Å². The maximum atomic E-state index is 8.74. The maximum Gasteiger partial charge on any atom is 0.394 e. The predicted octanol–water partition coefficient (Wildman–Crippen LogP) is -11.2. The van der Waals surface area contributed by atoms with Gasteiger partial charge in [0.15, 0.2) is 0 Å². The summed E-state index contributed by atoms with van der Waals surface area (Å²) >= 11 is 0. The van der Waals surface area contributed by atoms with E-state index in [2.05, 4.69) is 0 Å². The molecular formula is H28CuO20S2Zn. The second kappa shape index (κ2) is 76.4. The molecule has 24 heavy (non-hydrogen) atoms. The molecule has 24 heteroatoms. The molecule has 0 aliphatic rings. The third-order valence-corrected chi connectivity index (χ3v) is 0. The largest absolute Gasteiger partial charge is 0.412 e. The van der Waals surface area contributed by atoms with Crippen LogP contribution < -0.4 is 0 Å². The van der Waals surface area contributed by atoms with Crippen LogP contribution in [0.5, 0.6) is 0 Å². The van der Waals surface area contributed by atoms with E-state index in [1.165, 1.54) is 0 Å². The van der Waals surface area contributed by atoms with Crippen LogP contribution in [0.25, 0.3) is 0 Å². The van der Waals surface area contributed by atoms with Gasteiger partial charge >= 0.3 is 20.8 Å². The molecule has 0 atom stereocenters. The zero-order valence-corrected chi connectivity index (χ0v) is 16.8. The molecule has 0 aliphatic carbocycles. The smallest absolute Gasteiger partial charge is 0.394 e. The Morgan fingerprint density at radius 1 is 0.375 bits per heavy atom. The van der Waals surface area contributed by atoms with Gasteiger partial charge in [0.2, 0.25) is 0 Å². The van der Waals surface area contributed by atoms with Crippen LogP contribution >= 0.6 is 0 Å². The molecule has 28 N–H and O–H groups in total. The third-order valence-electron chi connectivity index (χ3n) is 0. The van der Waals surface area contributed by atoms with Gasteiger partial charge in [-0.05, 0) is 0 Å². The van der Waals surface area contributed by atoms with Crippen LogP contribution in [0.1, 0.15) is 0 Å². The van der Waals surface area contributed by atoms with Crippen molar-refractivity contribution in [3.05, 3.63) is 0 Å². The molecule has 173 valence electrons. The van der Waals surface area contributed by atoms with E-state index in [4.69, 9.17) is 35.0 Å². The van der Waals surface area contributed by atoms with Gasteiger partial charge < -0.3 is 65.7 Å². The van der Waals surface area contributed by atoms with E-state index in [1.54, 1.807) is 0 Å². The Balaban J connectivity index is -0.00000000241.